The van der Waals surface area contributed by atoms with E-state index in [9.17, 15) is 13.2 Å². The molecular formula is C17H24N2O3S. The smallest absolute Gasteiger partial charge is 0.320 e. The maximum atomic E-state index is 13.0. The van der Waals surface area contributed by atoms with Crippen LogP contribution in [0.15, 0.2) is 29.2 Å². The summed E-state index contributed by atoms with van der Waals surface area (Å²) in [5.41, 5.74) is 0.737. The second-order valence-electron chi connectivity index (χ2n) is 6.76. The predicted molar refractivity (Wildman–Crippen MR) is 89.0 cm³/mol. The van der Waals surface area contributed by atoms with Gasteiger partial charge in [0, 0.05) is 19.1 Å². The van der Waals surface area contributed by atoms with E-state index >= 15 is 0 Å². The number of carbonyl (C=O) groups excluding carboxylic acids is 1. The Labute approximate surface area is 138 Å². The first-order chi connectivity index (χ1) is 10.8. The molecule has 0 N–H and O–H groups in total. The molecule has 0 aromatic heterocycles. The van der Waals surface area contributed by atoms with E-state index < -0.39 is 15.9 Å². The fourth-order valence-electron chi connectivity index (χ4n) is 3.86. The molecule has 1 aromatic carbocycles. The molecule has 5 nitrogen and oxygen atoms in total. The Morgan fingerprint density at radius 1 is 1.17 bits per heavy atom. The molecule has 126 valence electrons. The lowest BCUT2D eigenvalue weighted by molar-refractivity contribution is 0.0906. The van der Waals surface area contributed by atoms with Gasteiger partial charge in [-0.05, 0) is 44.7 Å². The molecule has 2 amide bonds. The van der Waals surface area contributed by atoms with Crippen LogP contribution in [0.25, 0.3) is 0 Å². The van der Waals surface area contributed by atoms with Crippen molar-refractivity contribution in [3.8, 4) is 0 Å². The molecule has 0 unspecified atom stereocenters. The number of fused-ring (bicyclic) bond motifs is 1. The first kappa shape index (κ1) is 16.3. The van der Waals surface area contributed by atoms with Gasteiger partial charge in [0.15, 0.2) is 9.84 Å². The van der Waals surface area contributed by atoms with Gasteiger partial charge in [-0.15, -0.1) is 0 Å². The second kappa shape index (κ2) is 5.82. The van der Waals surface area contributed by atoms with Gasteiger partial charge in [0.2, 0.25) is 0 Å². The SMILES string of the molecule is C[C@@H]1CCC[C@@H](C)N1C(=O)N(C)[C@@H]1CS(=O)(=O)c2ccccc21. The first-order valence-corrected chi connectivity index (χ1v) is 9.85. The zero-order chi connectivity index (χ0) is 16.8. The third kappa shape index (κ3) is 2.73. The molecule has 0 bridgehead atoms. The van der Waals surface area contributed by atoms with Crippen LogP contribution in [0.4, 0.5) is 4.79 Å². The summed E-state index contributed by atoms with van der Waals surface area (Å²) in [6, 6.07) is 6.94. The quantitative estimate of drug-likeness (QED) is 0.792. The highest BCUT2D eigenvalue weighted by Crippen LogP contribution is 2.37. The number of nitrogens with zero attached hydrogens (tertiary/aromatic N) is 2. The highest BCUT2D eigenvalue weighted by Gasteiger charge is 2.41. The zero-order valence-electron chi connectivity index (χ0n) is 13.9. The Hall–Kier alpha value is -1.56. The molecule has 2 aliphatic heterocycles. The predicted octanol–water partition coefficient (Wildman–Crippen LogP) is 2.83. The molecule has 2 aliphatic rings. The van der Waals surface area contributed by atoms with Gasteiger partial charge in [-0.1, -0.05) is 18.2 Å². The zero-order valence-corrected chi connectivity index (χ0v) is 14.7. The van der Waals surface area contributed by atoms with E-state index in [0.717, 1.165) is 24.8 Å². The van der Waals surface area contributed by atoms with Gasteiger partial charge in [0.25, 0.3) is 0 Å². The van der Waals surface area contributed by atoms with E-state index in [-0.39, 0.29) is 23.9 Å². The van der Waals surface area contributed by atoms with Crippen molar-refractivity contribution in [2.45, 2.75) is 56.1 Å². The molecule has 1 saturated heterocycles. The summed E-state index contributed by atoms with van der Waals surface area (Å²) in [5.74, 6) is -0.0226. The molecule has 6 heteroatoms. The summed E-state index contributed by atoms with van der Waals surface area (Å²) in [7, 11) is -1.58. The first-order valence-electron chi connectivity index (χ1n) is 8.19. The minimum atomic E-state index is -3.30. The van der Waals surface area contributed by atoms with Crippen LogP contribution in [-0.4, -0.2) is 49.1 Å². The van der Waals surface area contributed by atoms with Crippen LogP contribution in [0.5, 0.6) is 0 Å². The minimum Gasteiger partial charge on any atom is -0.320 e. The third-order valence-electron chi connectivity index (χ3n) is 5.17. The van der Waals surface area contributed by atoms with Gasteiger partial charge in [-0.3, -0.25) is 0 Å². The fourth-order valence-corrected chi connectivity index (χ4v) is 5.71. The Bertz CT molecular complexity index is 706. The van der Waals surface area contributed by atoms with E-state index in [0.29, 0.717) is 4.90 Å². The van der Waals surface area contributed by atoms with Crippen molar-refractivity contribution in [3.63, 3.8) is 0 Å². The number of benzene rings is 1. The maximum absolute atomic E-state index is 13.0. The third-order valence-corrected chi connectivity index (χ3v) is 6.97. The average Bonchev–Trinajstić information content (AvgIpc) is 2.78. The van der Waals surface area contributed by atoms with Crippen LogP contribution in [0, 0.1) is 0 Å². The number of sulfone groups is 1. The molecule has 1 aromatic rings. The van der Waals surface area contributed by atoms with Gasteiger partial charge in [0.1, 0.15) is 0 Å². The highest BCUT2D eigenvalue weighted by molar-refractivity contribution is 7.91. The van der Waals surface area contributed by atoms with E-state index in [4.69, 9.17) is 0 Å². The second-order valence-corrected chi connectivity index (χ2v) is 8.77. The van der Waals surface area contributed by atoms with Crippen molar-refractivity contribution in [1.29, 1.82) is 0 Å². The molecule has 0 aliphatic carbocycles. The van der Waals surface area contributed by atoms with Crippen LogP contribution >= 0.6 is 0 Å². The summed E-state index contributed by atoms with van der Waals surface area (Å²) in [5, 5.41) is 0. The summed E-state index contributed by atoms with van der Waals surface area (Å²) in [6.07, 6.45) is 3.14. The maximum Gasteiger partial charge on any atom is 0.320 e. The van der Waals surface area contributed by atoms with Crippen LogP contribution in [-0.2, 0) is 9.84 Å². The van der Waals surface area contributed by atoms with Crippen LogP contribution in [0.2, 0.25) is 0 Å². The number of carbonyl (C=O) groups is 1. The monoisotopic (exact) mass is 336 g/mol. The van der Waals surface area contributed by atoms with Gasteiger partial charge in [0.05, 0.1) is 16.7 Å². The number of urea groups is 1. The topological polar surface area (TPSA) is 57.7 Å². The number of likely N-dealkylation sites (tertiary alicyclic amines) is 1. The lowest BCUT2D eigenvalue weighted by atomic mass is 9.98. The fraction of sp³-hybridized carbons (Fsp3) is 0.588. The molecule has 2 heterocycles. The number of piperidine rings is 1. The Balaban J connectivity index is 1.89. The highest BCUT2D eigenvalue weighted by atomic mass is 32.2. The van der Waals surface area contributed by atoms with E-state index in [1.54, 1.807) is 24.1 Å². The standard InChI is InChI=1S/C17H24N2O3S/c1-12-7-6-8-13(2)19(12)17(20)18(3)15-11-23(21,22)16-10-5-4-9-14(15)16/h4-5,9-10,12-13,15H,6-8,11H2,1-3H3/t12-,13-,15-/m1/s1. The van der Waals surface area contributed by atoms with Crippen molar-refractivity contribution in [2.24, 2.45) is 0 Å². The molecule has 23 heavy (non-hydrogen) atoms. The number of amides is 2. The normalized spacial score (nSPS) is 29.2. The van der Waals surface area contributed by atoms with Crippen LogP contribution in [0.3, 0.4) is 0 Å². The summed E-state index contributed by atoms with van der Waals surface area (Å²) in [4.78, 5) is 16.9. The van der Waals surface area contributed by atoms with Crippen molar-refractivity contribution in [1.82, 2.24) is 9.80 Å². The molecule has 0 spiro atoms. The molecule has 3 atom stereocenters. The van der Waals surface area contributed by atoms with Crippen molar-refractivity contribution in [3.05, 3.63) is 29.8 Å². The minimum absolute atomic E-state index is 0.0226. The van der Waals surface area contributed by atoms with Gasteiger partial charge in [-0.2, -0.15) is 0 Å². The van der Waals surface area contributed by atoms with Crippen molar-refractivity contribution in [2.75, 3.05) is 12.8 Å². The summed E-state index contributed by atoms with van der Waals surface area (Å²) >= 11 is 0. The number of hydrogen-bond acceptors (Lipinski definition) is 3. The number of hydrogen-bond donors (Lipinski definition) is 0. The van der Waals surface area contributed by atoms with E-state index in [1.165, 1.54) is 0 Å². The van der Waals surface area contributed by atoms with Crippen molar-refractivity contribution < 1.29 is 13.2 Å². The molecule has 1 fully saturated rings. The Morgan fingerprint density at radius 3 is 2.43 bits per heavy atom. The van der Waals surface area contributed by atoms with E-state index in [1.807, 2.05) is 17.0 Å². The molecule has 3 rings (SSSR count). The molecule has 0 saturated carbocycles. The largest absolute Gasteiger partial charge is 0.320 e. The van der Waals surface area contributed by atoms with Crippen LogP contribution in [0.1, 0.15) is 44.7 Å². The van der Waals surface area contributed by atoms with E-state index in [2.05, 4.69) is 13.8 Å². The summed E-state index contributed by atoms with van der Waals surface area (Å²) in [6.45, 7) is 4.14. The Morgan fingerprint density at radius 2 is 1.78 bits per heavy atom. The average molecular weight is 336 g/mol. The van der Waals surface area contributed by atoms with Gasteiger partial charge in [-0.25, -0.2) is 13.2 Å². The molecule has 0 radical (unpaired) electrons. The number of rotatable bonds is 1. The lowest BCUT2D eigenvalue weighted by Crippen LogP contribution is -2.53. The van der Waals surface area contributed by atoms with Gasteiger partial charge >= 0.3 is 6.03 Å². The van der Waals surface area contributed by atoms with Gasteiger partial charge < -0.3 is 9.80 Å². The Kier molecular flexibility index (Phi) is 4.12. The van der Waals surface area contributed by atoms with Crippen LogP contribution < -0.4 is 0 Å². The lowest BCUT2D eigenvalue weighted by Gasteiger charge is -2.42. The summed E-state index contributed by atoms with van der Waals surface area (Å²) < 4.78 is 24.7. The molecular weight excluding hydrogens is 312 g/mol. The van der Waals surface area contributed by atoms with Crippen molar-refractivity contribution >= 4 is 15.9 Å².